The van der Waals surface area contributed by atoms with Crippen LogP contribution in [0.25, 0.3) is 0 Å². The van der Waals surface area contributed by atoms with E-state index >= 15 is 0 Å². The van der Waals surface area contributed by atoms with E-state index in [4.69, 9.17) is 16.3 Å². The molecule has 3 aromatic carbocycles. The molecule has 1 aliphatic rings. The van der Waals surface area contributed by atoms with Crippen molar-refractivity contribution in [3.63, 3.8) is 0 Å². The van der Waals surface area contributed by atoms with E-state index < -0.39 is 35.0 Å². The van der Waals surface area contributed by atoms with Crippen molar-refractivity contribution in [3.05, 3.63) is 88.9 Å². The highest BCUT2D eigenvalue weighted by atomic mass is 35.5. The Morgan fingerprint density at radius 3 is 2.47 bits per heavy atom. The topological polar surface area (TPSA) is 84.5 Å². The molecule has 0 aliphatic carbocycles. The zero-order valence-electron chi connectivity index (χ0n) is 18.3. The lowest BCUT2D eigenvalue weighted by molar-refractivity contribution is -0.155. The molecule has 0 saturated heterocycles. The van der Waals surface area contributed by atoms with Gasteiger partial charge in [0.2, 0.25) is 12.0 Å². The SMILES string of the molecule is O=C(CC1Sc2ccccc2NC1=O)OC(C(=O)Nc1cc(C(F)(F)F)ccc1Cl)c1ccccc1. The van der Waals surface area contributed by atoms with E-state index in [1.165, 1.54) is 23.9 Å². The van der Waals surface area contributed by atoms with E-state index in [0.29, 0.717) is 11.8 Å². The van der Waals surface area contributed by atoms with Crippen LogP contribution in [0.2, 0.25) is 5.02 Å². The van der Waals surface area contributed by atoms with Gasteiger partial charge in [0.1, 0.15) is 0 Å². The van der Waals surface area contributed by atoms with E-state index in [0.717, 1.165) is 17.0 Å². The first-order valence-electron chi connectivity index (χ1n) is 10.6. The molecular formula is C25H18ClF3N2O4S. The van der Waals surface area contributed by atoms with Gasteiger partial charge in [-0.25, -0.2) is 0 Å². The molecule has 11 heteroatoms. The highest BCUT2D eigenvalue weighted by Gasteiger charge is 2.34. The first-order valence-corrected chi connectivity index (χ1v) is 11.9. The average molecular weight is 535 g/mol. The normalized spacial score (nSPS) is 15.9. The minimum Gasteiger partial charge on any atom is -0.447 e. The van der Waals surface area contributed by atoms with Crippen LogP contribution in [0.5, 0.6) is 0 Å². The molecule has 0 aromatic heterocycles. The Bertz CT molecular complexity index is 1300. The van der Waals surface area contributed by atoms with Crippen LogP contribution in [0, 0.1) is 0 Å². The predicted molar refractivity (Wildman–Crippen MR) is 130 cm³/mol. The van der Waals surface area contributed by atoms with E-state index in [1.807, 2.05) is 0 Å². The molecule has 36 heavy (non-hydrogen) atoms. The highest BCUT2D eigenvalue weighted by molar-refractivity contribution is 8.01. The Morgan fingerprint density at radius 1 is 1.06 bits per heavy atom. The minimum absolute atomic E-state index is 0.122. The van der Waals surface area contributed by atoms with Crippen molar-refractivity contribution in [1.29, 1.82) is 0 Å². The molecule has 2 N–H and O–H groups in total. The van der Waals surface area contributed by atoms with Gasteiger partial charge < -0.3 is 15.4 Å². The van der Waals surface area contributed by atoms with Gasteiger partial charge in [0.05, 0.1) is 33.6 Å². The van der Waals surface area contributed by atoms with Gasteiger partial charge in [-0.2, -0.15) is 13.2 Å². The molecule has 3 aromatic rings. The number of halogens is 4. The number of benzene rings is 3. The fourth-order valence-electron chi connectivity index (χ4n) is 3.45. The summed E-state index contributed by atoms with van der Waals surface area (Å²) in [7, 11) is 0. The van der Waals surface area contributed by atoms with Gasteiger partial charge in [-0.05, 0) is 30.3 Å². The zero-order chi connectivity index (χ0) is 25.9. The van der Waals surface area contributed by atoms with Gasteiger partial charge >= 0.3 is 12.1 Å². The summed E-state index contributed by atoms with van der Waals surface area (Å²) in [6.07, 6.45) is -6.47. The Labute approximate surface area is 213 Å². The number of ether oxygens (including phenoxy) is 1. The van der Waals surface area contributed by atoms with Crippen molar-refractivity contribution in [2.24, 2.45) is 0 Å². The van der Waals surface area contributed by atoms with Crippen LogP contribution in [0.15, 0.2) is 77.7 Å². The Kier molecular flexibility index (Phi) is 7.56. The summed E-state index contributed by atoms with van der Waals surface area (Å²) in [5.41, 5.74) is -0.363. The van der Waals surface area contributed by atoms with E-state index in [1.54, 1.807) is 42.5 Å². The first kappa shape index (κ1) is 25.6. The fraction of sp³-hybridized carbons (Fsp3) is 0.160. The lowest BCUT2D eigenvalue weighted by Crippen LogP contribution is -2.33. The molecule has 1 heterocycles. The molecule has 0 bridgehead atoms. The highest BCUT2D eigenvalue weighted by Crippen LogP contribution is 2.37. The number of carbonyl (C=O) groups is 3. The van der Waals surface area contributed by atoms with Crippen LogP contribution >= 0.6 is 23.4 Å². The third kappa shape index (κ3) is 6.00. The molecule has 2 atom stereocenters. The summed E-state index contributed by atoms with van der Waals surface area (Å²) in [5.74, 6) is -2.12. The lowest BCUT2D eigenvalue weighted by atomic mass is 10.1. The molecular weight excluding hydrogens is 517 g/mol. The molecule has 6 nitrogen and oxygen atoms in total. The Morgan fingerprint density at radius 2 is 1.75 bits per heavy atom. The van der Waals surface area contributed by atoms with Gasteiger partial charge in [0, 0.05) is 10.5 Å². The van der Waals surface area contributed by atoms with Crippen LogP contribution in [0.4, 0.5) is 24.5 Å². The van der Waals surface area contributed by atoms with Crippen molar-refractivity contribution in [2.45, 2.75) is 28.8 Å². The summed E-state index contributed by atoms with van der Waals surface area (Å²) in [4.78, 5) is 39.1. The van der Waals surface area contributed by atoms with Crippen molar-refractivity contribution < 1.29 is 32.3 Å². The maximum absolute atomic E-state index is 13.1. The number of anilines is 2. The molecule has 2 unspecified atom stereocenters. The van der Waals surface area contributed by atoms with Gasteiger partial charge in [0.25, 0.3) is 5.91 Å². The first-order chi connectivity index (χ1) is 17.1. The Hall–Kier alpha value is -3.50. The van der Waals surface area contributed by atoms with Crippen molar-refractivity contribution >= 4 is 52.5 Å². The molecule has 0 saturated carbocycles. The van der Waals surface area contributed by atoms with E-state index in [9.17, 15) is 27.6 Å². The second-order valence-corrected chi connectivity index (χ2v) is 9.41. The van der Waals surface area contributed by atoms with Crippen molar-refractivity contribution in [2.75, 3.05) is 10.6 Å². The number of fused-ring (bicyclic) bond motifs is 1. The number of nitrogens with one attached hydrogen (secondary N) is 2. The third-order valence-electron chi connectivity index (χ3n) is 5.20. The van der Waals surface area contributed by atoms with Gasteiger partial charge in [-0.3, -0.25) is 14.4 Å². The van der Waals surface area contributed by atoms with E-state index in [2.05, 4.69) is 10.6 Å². The third-order valence-corrected chi connectivity index (χ3v) is 6.80. The van der Waals surface area contributed by atoms with Gasteiger partial charge in [-0.1, -0.05) is 54.1 Å². The van der Waals surface area contributed by atoms with Crippen LogP contribution < -0.4 is 10.6 Å². The number of rotatable bonds is 6. The summed E-state index contributed by atoms with van der Waals surface area (Å²) in [6.45, 7) is 0. The maximum atomic E-state index is 13.1. The van der Waals surface area contributed by atoms with Crippen LogP contribution in [0.1, 0.15) is 23.7 Å². The van der Waals surface area contributed by atoms with Crippen LogP contribution in [0.3, 0.4) is 0 Å². The largest absolute Gasteiger partial charge is 0.447 e. The van der Waals surface area contributed by atoms with Crippen molar-refractivity contribution in [1.82, 2.24) is 0 Å². The van der Waals surface area contributed by atoms with Crippen LogP contribution in [-0.4, -0.2) is 23.0 Å². The number of esters is 1. The second kappa shape index (κ2) is 10.6. The van der Waals surface area contributed by atoms with Gasteiger partial charge in [-0.15, -0.1) is 11.8 Å². The summed E-state index contributed by atoms with van der Waals surface area (Å²) < 4.78 is 44.8. The van der Waals surface area contributed by atoms with Crippen molar-refractivity contribution in [3.8, 4) is 0 Å². The zero-order valence-corrected chi connectivity index (χ0v) is 19.9. The number of carbonyl (C=O) groups excluding carboxylic acids is 3. The number of alkyl halides is 3. The molecule has 0 fully saturated rings. The average Bonchev–Trinajstić information content (AvgIpc) is 2.84. The molecule has 186 valence electrons. The molecule has 4 rings (SSSR count). The smallest absolute Gasteiger partial charge is 0.416 e. The summed E-state index contributed by atoms with van der Waals surface area (Å²) in [6, 6.07) is 17.6. The number of thioether (sulfide) groups is 1. The summed E-state index contributed by atoms with van der Waals surface area (Å²) >= 11 is 7.19. The van der Waals surface area contributed by atoms with Crippen LogP contribution in [-0.2, 0) is 25.3 Å². The minimum atomic E-state index is -4.65. The monoisotopic (exact) mass is 534 g/mol. The number of hydrogen-bond donors (Lipinski definition) is 2. The number of hydrogen-bond acceptors (Lipinski definition) is 5. The molecule has 1 aliphatic heterocycles. The quantitative estimate of drug-likeness (QED) is 0.374. The standard InChI is InChI=1S/C25H18ClF3N2O4S/c26-16-11-10-15(25(27,28)29)12-18(16)31-24(34)22(14-6-2-1-3-7-14)35-21(32)13-20-23(33)30-17-8-4-5-9-19(17)36-20/h1-12,20,22H,13H2,(H,30,33)(H,31,34). The summed E-state index contributed by atoms with van der Waals surface area (Å²) in [5, 5.41) is 4.14. The van der Waals surface area contributed by atoms with Gasteiger partial charge in [0.15, 0.2) is 0 Å². The fourth-order valence-corrected chi connectivity index (χ4v) is 4.71. The molecule has 0 radical (unpaired) electrons. The number of para-hydroxylation sites is 1. The lowest BCUT2D eigenvalue weighted by Gasteiger charge is -2.24. The number of amides is 2. The predicted octanol–water partition coefficient (Wildman–Crippen LogP) is 6.08. The Balaban J connectivity index is 1.52. The molecule has 2 amide bonds. The maximum Gasteiger partial charge on any atom is 0.416 e. The van der Waals surface area contributed by atoms with E-state index in [-0.39, 0.29) is 28.6 Å². The molecule has 0 spiro atoms. The second-order valence-electron chi connectivity index (χ2n) is 7.76.